The van der Waals surface area contributed by atoms with Crippen LogP contribution < -0.4 is 10.1 Å². The van der Waals surface area contributed by atoms with Crippen molar-refractivity contribution in [3.8, 4) is 16.9 Å². The Kier molecular flexibility index (Phi) is 7.67. The van der Waals surface area contributed by atoms with Crippen molar-refractivity contribution in [3.63, 3.8) is 0 Å². The van der Waals surface area contributed by atoms with Gasteiger partial charge in [0.1, 0.15) is 16.3 Å². The molecule has 2 aromatic carbocycles. The summed E-state index contributed by atoms with van der Waals surface area (Å²) in [5.41, 5.74) is 1.63. The molecule has 0 bridgehead atoms. The number of carboxylic acid groups (broad SMARTS) is 1. The van der Waals surface area contributed by atoms with Crippen LogP contribution in [0.15, 0.2) is 35.7 Å². The fourth-order valence-corrected chi connectivity index (χ4v) is 6.38. The van der Waals surface area contributed by atoms with Crippen LogP contribution in [0.4, 0.5) is 5.00 Å². The molecule has 3 rings (SSSR count). The quantitative estimate of drug-likeness (QED) is 0.221. The topological polar surface area (TPSA) is 75.6 Å². The van der Waals surface area contributed by atoms with Crippen molar-refractivity contribution >= 4 is 108 Å². The average molecular weight is 766 g/mol. The highest BCUT2D eigenvalue weighted by atomic mass is 127. The van der Waals surface area contributed by atoms with Crippen molar-refractivity contribution in [2.45, 2.75) is 0 Å². The fraction of sp³-hybridized carbons (Fsp3) is 0.0526. The van der Waals surface area contributed by atoms with Gasteiger partial charge >= 0.3 is 5.97 Å². The summed E-state index contributed by atoms with van der Waals surface area (Å²) in [6.07, 6.45) is 0. The minimum atomic E-state index is -1.12. The van der Waals surface area contributed by atoms with Crippen molar-refractivity contribution < 1.29 is 19.4 Å². The summed E-state index contributed by atoms with van der Waals surface area (Å²) < 4.78 is 7.88. The van der Waals surface area contributed by atoms with Gasteiger partial charge in [0.15, 0.2) is 0 Å². The van der Waals surface area contributed by atoms with E-state index in [0.29, 0.717) is 31.0 Å². The third-order valence-electron chi connectivity index (χ3n) is 3.93. The van der Waals surface area contributed by atoms with Gasteiger partial charge in [-0.3, -0.25) is 4.79 Å². The summed E-state index contributed by atoms with van der Waals surface area (Å²) in [5, 5.41) is 15.0. The van der Waals surface area contributed by atoms with Crippen LogP contribution in [-0.4, -0.2) is 24.1 Å². The zero-order chi connectivity index (χ0) is 21.3. The lowest BCUT2D eigenvalue weighted by molar-refractivity contribution is 0.0699. The van der Waals surface area contributed by atoms with E-state index >= 15 is 0 Å². The first-order valence-electron chi connectivity index (χ1n) is 7.88. The van der Waals surface area contributed by atoms with Gasteiger partial charge in [0, 0.05) is 19.5 Å². The van der Waals surface area contributed by atoms with E-state index in [2.05, 4.69) is 73.1 Å². The molecule has 1 heterocycles. The van der Waals surface area contributed by atoms with Crippen LogP contribution in [0.1, 0.15) is 20.7 Å². The number of amides is 1. The standard InChI is InChI=1S/C19H11ClI3NO4S/c1-28-16-14(22)10(6-12(21)15(16)23)17(25)24-18-13(19(26)27)11(7-29-18)8-3-2-4-9(20)5-8/h2-7H,1H3,(H,24,25)(H,26,27). The minimum absolute atomic E-state index is 0.0350. The van der Waals surface area contributed by atoms with E-state index in [9.17, 15) is 14.7 Å². The highest BCUT2D eigenvalue weighted by molar-refractivity contribution is 14.1. The number of nitrogens with one attached hydrogen (secondary N) is 1. The number of hydrogen-bond donors (Lipinski definition) is 2. The Hall–Kier alpha value is -0.640. The Morgan fingerprint density at radius 2 is 1.90 bits per heavy atom. The number of aromatic carboxylic acids is 1. The Labute approximate surface area is 216 Å². The lowest BCUT2D eigenvalue weighted by atomic mass is 10.0. The van der Waals surface area contributed by atoms with Crippen LogP contribution >= 0.6 is 90.7 Å². The molecule has 0 aliphatic heterocycles. The van der Waals surface area contributed by atoms with Crippen LogP contribution in [-0.2, 0) is 0 Å². The van der Waals surface area contributed by atoms with Crippen molar-refractivity contribution in [2.24, 2.45) is 0 Å². The first-order valence-corrected chi connectivity index (χ1v) is 12.4. The second-order valence-corrected chi connectivity index (χ2v) is 10.3. The fourth-order valence-electron chi connectivity index (χ4n) is 2.63. The molecule has 1 amide bonds. The van der Waals surface area contributed by atoms with Crippen molar-refractivity contribution in [2.75, 3.05) is 12.4 Å². The van der Waals surface area contributed by atoms with Gasteiger partial charge in [-0.25, -0.2) is 4.79 Å². The summed E-state index contributed by atoms with van der Waals surface area (Å²) in [5.74, 6) is -0.905. The zero-order valence-electron chi connectivity index (χ0n) is 14.6. The molecular formula is C19H11ClI3NO4S. The van der Waals surface area contributed by atoms with Crippen LogP contribution in [0.3, 0.4) is 0 Å². The maximum Gasteiger partial charge on any atom is 0.339 e. The number of rotatable bonds is 5. The van der Waals surface area contributed by atoms with E-state index in [1.54, 1.807) is 42.8 Å². The second kappa shape index (κ2) is 9.66. The number of carbonyl (C=O) groups excluding carboxylic acids is 1. The van der Waals surface area contributed by atoms with Gasteiger partial charge in [-0.1, -0.05) is 23.7 Å². The number of carboxylic acids is 1. The monoisotopic (exact) mass is 765 g/mol. The maximum absolute atomic E-state index is 13.0. The van der Waals surface area contributed by atoms with Crippen molar-refractivity contribution in [1.29, 1.82) is 0 Å². The van der Waals surface area contributed by atoms with Crippen LogP contribution in [0.25, 0.3) is 11.1 Å². The Morgan fingerprint density at radius 1 is 1.17 bits per heavy atom. The summed E-state index contributed by atoms with van der Waals surface area (Å²) in [6.45, 7) is 0. The van der Waals surface area contributed by atoms with Gasteiger partial charge in [0.05, 0.1) is 19.8 Å². The van der Waals surface area contributed by atoms with Gasteiger partial charge in [0.2, 0.25) is 0 Å². The van der Waals surface area contributed by atoms with Gasteiger partial charge in [-0.2, -0.15) is 0 Å². The number of benzene rings is 2. The number of methoxy groups -OCH3 is 1. The highest BCUT2D eigenvalue weighted by Gasteiger charge is 2.24. The third-order valence-corrected chi connectivity index (χ3v) is 9.09. The third kappa shape index (κ3) is 4.83. The van der Waals surface area contributed by atoms with E-state index in [1.165, 1.54) is 0 Å². The van der Waals surface area contributed by atoms with Crippen LogP contribution in [0, 0.1) is 10.7 Å². The Morgan fingerprint density at radius 3 is 2.52 bits per heavy atom. The molecule has 0 saturated carbocycles. The minimum Gasteiger partial charge on any atom is -0.494 e. The summed E-state index contributed by atoms with van der Waals surface area (Å²) in [6, 6.07) is 8.70. The second-order valence-electron chi connectivity index (χ2n) is 5.69. The number of hydrogen-bond acceptors (Lipinski definition) is 4. The van der Waals surface area contributed by atoms with Gasteiger partial charge in [-0.15, -0.1) is 11.3 Å². The molecule has 1 aromatic heterocycles. The maximum atomic E-state index is 13.0. The van der Waals surface area contributed by atoms with Crippen molar-refractivity contribution in [1.82, 2.24) is 0 Å². The van der Waals surface area contributed by atoms with Crippen LogP contribution in [0.2, 0.25) is 5.02 Å². The molecule has 150 valence electrons. The Balaban J connectivity index is 2.03. The normalized spacial score (nSPS) is 10.7. The molecule has 2 N–H and O–H groups in total. The molecule has 0 aliphatic rings. The molecule has 0 unspecified atom stereocenters. The summed E-state index contributed by atoms with van der Waals surface area (Å²) in [4.78, 5) is 24.9. The number of thiophene rings is 1. The van der Waals surface area contributed by atoms with E-state index in [1.807, 2.05) is 0 Å². The number of anilines is 1. The predicted octanol–water partition coefficient (Wildman–Crippen LogP) is 6.84. The Bertz CT molecular complexity index is 1130. The first kappa shape index (κ1) is 23.0. The highest BCUT2D eigenvalue weighted by Crippen LogP contribution is 2.38. The SMILES string of the molecule is COc1c(I)c(I)cc(C(=O)Nc2scc(-c3cccc(Cl)c3)c2C(=O)O)c1I. The molecule has 0 fully saturated rings. The van der Waals surface area contributed by atoms with E-state index in [4.69, 9.17) is 16.3 Å². The molecule has 0 atom stereocenters. The lowest BCUT2D eigenvalue weighted by Gasteiger charge is -2.13. The molecule has 29 heavy (non-hydrogen) atoms. The van der Waals surface area contributed by atoms with Crippen LogP contribution in [0.5, 0.6) is 5.75 Å². The summed E-state index contributed by atoms with van der Waals surface area (Å²) >= 11 is 13.6. The number of ether oxygens (including phenoxy) is 1. The summed E-state index contributed by atoms with van der Waals surface area (Å²) in [7, 11) is 1.55. The van der Waals surface area contributed by atoms with Gasteiger partial charge in [-0.05, 0) is 91.5 Å². The molecule has 10 heteroatoms. The molecular weight excluding hydrogens is 754 g/mol. The van der Waals surface area contributed by atoms with E-state index in [-0.39, 0.29) is 10.6 Å². The average Bonchev–Trinajstić information content (AvgIpc) is 3.09. The van der Waals surface area contributed by atoms with Gasteiger partial charge < -0.3 is 15.2 Å². The molecule has 0 saturated heterocycles. The molecule has 0 aliphatic carbocycles. The smallest absolute Gasteiger partial charge is 0.339 e. The number of halogens is 4. The number of carbonyl (C=O) groups is 2. The molecule has 0 spiro atoms. The molecule has 3 aromatic rings. The van der Waals surface area contributed by atoms with Gasteiger partial charge in [0.25, 0.3) is 5.91 Å². The van der Waals surface area contributed by atoms with Crippen molar-refractivity contribution in [3.05, 3.63) is 62.6 Å². The van der Waals surface area contributed by atoms with E-state index in [0.717, 1.165) is 18.5 Å². The first-order chi connectivity index (χ1) is 13.7. The molecule has 0 radical (unpaired) electrons. The molecule has 5 nitrogen and oxygen atoms in total. The predicted molar refractivity (Wildman–Crippen MR) is 141 cm³/mol. The van der Waals surface area contributed by atoms with E-state index < -0.39 is 11.9 Å². The zero-order valence-corrected chi connectivity index (χ0v) is 22.6. The lowest BCUT2D eigenvalue weighted by Crippen LogP contribution is -2.16. The largest absolute Gasteiger partial charge is 0.494 e.